The SMILES string of the molecule is C=C/C=C(\C=C)Oc1cc(C(=O)OC)c([N+](=O)[O-])cc1Br. The molecule has 0 amide bonds. The maximum Gasteiger partial charge on any atom is 0.345 e. The molecule has 0 unspecified atom stereocenters. The molecule has 0 saturated carbocycles. The number of ether oxygens (including phenoxy) is 2. The largest absolute Gasteiger partial charge is 0.465 e. The normalized spacial score (nSPS) is 10.7. The summed E-state index contributed by atoms with van der Waals surface area (Å²) in [6, 6.07) is 2.41. The van der Waals surface area contributed by atoms with Crippen molar-refractivity contribution in [1.29, 1.82) is 0 Å². The first-order chi connectivity index (χ1) is 9.94. The van der Waals surface area contributed by atoms with Crippen LogP contribution >= 0.6 is 15.9 Å². The molecule has 0 aromatic heterocycles. The average molecular weight is 354 g/mol. The van der Waals surface area contributed by atoms with E-state index in [0.29, 0.717) is 10.2 Å². The van der Waals surface area contributed by atoms with Crippen LogP contribution in [0.3, 0.4) is 0 Å². The Labute approximate surface area is 129 Å². The van der Waals surface area contributed by atoms with E-state index >= 15 is 0 Å². The third-order valence-corrected chi connectivity index (χ3v) is 2.98. The third kappa shape index (κ3) is 4.03. The summed E-state index contributed by atoms with van der Waals surface area (Å²) in [5, 5.41) is 11.0. The predicted octanol–water partition coefficient (Wildman–Crippen LogP) is 3.78. The number of hydrogen-bond acceptors (Lipinski definition) is 5. The number of esters is 1. The number of methoxy groups -OCH3 is 1. The van der Waals surface area contributed by atoms with Crippen LogP contribution in [0.15, 0.2) is 53.8 Å². The van der Waals surface area contributed by atoms with Crippen molar-refractivity contribution in [1.82, 2.24) is 0 Å². The minimum Gasteiger partial charge on any atom is -0.465 e. The van der Waals surface area contributed by atoms with Crippen LogP contribution in [-0.4, -0.2) is 18.0 Å². The van der Waals surface area contributed by atoms with Crippen LogP contribution in [0.25, 0.3) is 0 Å². The molecule has 0 bridgehead atoms. The molecule has 0 radical (unpaired) electrons. The number of carbonyl (C=O) groups is 1. The summed E-state index contributed by atoms with van der Waals surface area (Å²) in [6.07, 6.45) is 4.49. The highest BCUT2D eigenvalue weighted by molar-refractivity contribution is 9.10. The van der Waals surface area contributed by atoms with Gasteiger partial charge in [0, 0.05) is 12.1 Å². The smallest absolute Gasteiger partial charge is 0.345 e. The van der Waals surface area contributed by atoms with Gasteiger partial charge >= 0.3 is 5.97 Å². The van der Waals surface area contributed by atoms with Crippen LogP contribution in [0.5, 0.6) is 5.75 Å². The summed E-state index contributed by atoms with van der Waals surface area (Å²) in [5.41, 5.74) is -0.586. The highest BCUT2D eigenvalue weighted by atomic mass is 79.9. The van der Waals surface area contributed by atoms with E-state index in [4.69, 9.17) is 4.74 Å². The van der Waals surface area contributed by atoms with E-state index < -0.39 is 10.9 Å². The highest BCUT2D eigenvalue weighted by Crippen LogP contribution is 2.34. The lowest BCUT2D eigenvalue weighted by molar-refractivity contribution is -0.385. The lowest BCUT2D eigenvalue weighted by Gasteiger charge is -2.10. The van der Waals surface area contributed by atoms with Gasteiger partial charge in [-0.25, -0.2) is 4.79 Å². The van der Waals surface area contributed by atoms with E-state index in [0.717, 1.165) is 7.11 Å². The Morgan fingerprint density at radius 1 is 1.43 bits per heavy atom. The molecule has 0 spiro atoms. The van der Waals surface area contributed by atoms with Crippen LogP contribution in [0, 0.1) is 10.1 Å². The molecule has 21 heavy (non-hydrogen) atoms. The van der Waals surface area contributed by atoms with Gasteiger partial charge < -0.3 is 9.47 Å². The van der Waals surface area contributed by atoms with Crippen molar-refractivity contribution >= 4 is 27.6 Å². The maximum atomic E-state index is 11.6. The summed E-state index contributed by atoms with van der Waals surface area (Å²) < 4.78 is 10.4. The Balaban J connectivity index is 3.38. The van der Waals surface area contributed by atoms with Crippen molar-refractivity contribution in [3.63, 3.8) is 0 Å². The van der Waals surface area contributed by atoms with Gasteiger partial charge in [0.05, 0.1) is 16.5 Å². The Bertz CT molecular complexity index is 636. The highest BCUT2D eigenvalue weighted by Gasteiger charge is 2.24. The zero-order chi connectivity index (χ0) is 16.0. The van der Waals surface area contributed by atoms with Crippen LogP contribution in [0.4, 0.5) is 5.69 Å². The number of nitro groups is 1. The standard InChI is InChI=1S/C14H12BrNO5/c1-4-6-9(5-2)21-13-7-10(14(17)20-3)12(16(18)19)8-11(13)15/h4-8H,1-2H2,3H3/b9-6+. The summed E-state index contributed by atoms with van der Waals surface area (Å²) in [5.74, 6) is -0.240. The number of nitrogens with zero attached hydrogens (tertiary/aromatic N) is 1. The monoisotopic (exact) mass is 353 g/mol. The first kappa shape index (κ1) is 16.6. The zero-order valence-corrected chi connectivity index (χ0v) is 12.8. The second-order valence-electron chi connectivity index (χ2n) is 3.66. The van der Waals surface area contributed by atoms with Crippen LogP contribution in [0.2, 0.25) is 0 Å². The Morgan fingerprint density at radius 3 is 2.57 bits per heavy atom. The van der Waals surface area contributed by atoms with Gasteiger partial charge in [-0.05, 0) is 28.1 Å². The summed E-state index contributed by atoms with van der Waals surface area (Å²) in [6.45, 7) is 7.10. The molecule has 7 heteroatoms. The van der Waals surface area contributed by atoms with Crippen LogP contribution in [-0.2, 0) is 4.74 Å². The van der Waals surface area contributed by atoms with Crippen molar-refractivity contribution in [3.05, 3.63) is 69.4 Å². The first-order valence-electron chi connectivity index (χ1n) is 5.63. The van der Waals surface area contributed by atoms with Crippen molar-refractivity contribution in [2.75, 3.05) is 7.11 Å². The number of benzene rings is 1. The van der Waals surface area contributed by atoms with Crippen LogP contribution in [0.1, 0.15) is 10.4 Å². The fourth-order valence-corrected chi connectivity index (χ4v) is 1.84. The zero-order valence-electron chi connectivity index (χ0n) is 11.2. The number of hydrogen-bond donors (Lipinski definition) is 0. The number of rotatable bonds is 6. The molecule has 0 fully saturated rings. The van der Waals surface area contributed by atoms with Crippen molar-refractivity contribution in [3.8, 4) is 5.75 Å². The van der Waals surface area contributed by atoms with Crippen LogP contribution < -0.4 is 4.74 Å². The molecule has 6 nitrogen and oxygen atoms in total. The minimum atomic E-state index is -0.827. The topological polar surface area (TPSA) is 78.7 Å². The lowest BCUT2D eigenvalue weighted by Crippen LogP contribution is -2.07. The molecular formula is C14H12BrNO5. The van der Waals surface area contributed by atoms with Gasteiger partial charge in [-0.1, -0.05) is 19.2 Å². The Morgan fingerprint density at radius 2 is 2.10 bits per heavy atom. The molecule has 1 aromatic rings. The molecule has 0 N–H and O–H groups in total. The van der Waals surface area contributed by atoms with Gasteiger partial charge in [-0.3, -0.25) is 10.1 Å². The molecular weight excluding hydrogens is 342 g/mol. The molecule has 0 aliphatic heterocycles. The molecule has 0 saturated heterocycles. The van der Waals surface area contributed by atoms with E-state index in [-0.39, 0.29) is 17.0 Å². The van der Waals surface area contributed by atoms with Gasteiger partial charge in [-0.2, -0.15) is 0 Å². The van der Waals surface area contributed by atoms with E-state index in [2.05, 4.69) is 33.8 Å². The predicted molar refractivity (Wildman–Crippen MR) is 81.2 cm³/mol. The summed E-state index contributed by atoms with van der Waals surface area (Å²) in [7, 11) is 1.14. The molecule has 1 aromatic carbocycles. The summed E-state index contributed by atoms with van der Waals surface area (Å²) >= 11 is 3.16. The van der Waals surface area contributed by atoms with Crippen molar-refractivity contribution in [2.45, 2.75) is 0 Å². The molecule has 0 aliphatic rings. The van der Waals surface area contributed by atoms with E-state index in [1.807, 2.05) is 0 Å². The first-order valence-corrected chi connectivity index (χ1v) is 6.43. The van der Waals surface area contributed by atoms with Gasteiger partial charge in [0.1, 0.15) is 17.1 Å². The Kier molecular flexibility index (Phi) is 5.86. The molecule has 1 rings (SSSR count). The molecule has 110 valence electrons. The molecule has 0 atom stereocenters. The fourth-order valence-electron chi connectivity index (χ4n) is 1.43. The second kappa shape index (κ2) is 7.39. The lowest BCUT2D eigenvalue weighted by atomic mass is 10.1. The van der Waals surface area contributed by atoms with E-state index in [1.54, 1.807) is 6.08 Å². The van der Waals surface area contributed by atoms with Gasteiger partial charge in [0.15, 0.2) is 0 Å². The van der Waals surface area contributed by atoms with Crippen molar-refractivity contribution < 1.29 is 19.2 Å². The fraction of sp³-hybridized carbons (Fsp3) is 0.0714. The van der Waals surface area contributed by atoms with E-state index in [9.17, 15) is 14.9 Å². The number of halogens is 1. The molecule has 0 aliphatic carbocycles. The second-order valence-corrected chi connectivity index (χ2v) is 4.51. The quantitative estimate of drug-likeness (QED) is 0.255. The summed E-state index contributed by atoms with van der Waals surface area (Å²) in [4.78, 5) is 21.9. The van der Waals surface area contributed by atoms with Crippen molar-refractivity contribution in [2.24, 2.45) is 0 Å². The molecule has 0 heterocycles. The maximum absolute atomic E-state index is 11.6. The number of carbonyl (C=O) groups excluding carboxylic acids is 1. The van der Waals surface area contributed by atoms with E-state index in [1.165, 1.54) is 24.3 Å². The number of allylic oxidation sites excluding steroid dienone is 3. The van der Waals surface area contributed by atoms with Gasteiger partial charge in [0.2, 0.25) is 0 Å². The minimum absolute atomic E-state index is 0.206. The average Bonchev–Trinajstić information content (AvgIpc) is 2.47. The van der Waals surface area contributed by atoms with Gasteiger partial charge in [-0.15, -0.1) is 0 Å². The third-order valence-electron chi connectivity index (χ3n) is 2.36. The Hall–Kier alpha value is -2.41. The number of nitro benzene ring substituents is 1. The van der Waals surface area contributed by atoms with Gasteiger partial charge in [0.25, 0.3) is 5.69 Å².